The number of hydrogen-bond acceptors (Lipinski definition) is 0. The molecule has 2 heteroatoms. The molecule has 0 saturated heterocycles. The van der Waals surface area contributed by atoms with Crippen molar-refractivity contribution in [3.63, 3.8) is 0 Å². The van der Waals surface area contributed by atoms with Gasteiger partial charge in [-0.1, -0.05) is 27.7 Å². The Morgan fingerprint density at radius 3 is 1.18 bits per heavy atom. The minimum Gasteiger partial charge on any atom is -0.213 e. The summed E-state index contributed by atoms with van der Waals surface area (Å²) in [5, 5.41) is 0. The van der Waals surface area contributed by atoms with Crippen molar-refractivity contribution in [3.8, 4) is 0 Å². The van der Waals surface area contributed by atoms with Crippen LogP contribution in [0.15, 0.2) is 36.4 Å². The van der Waals surface area contributed by atoms with Crippen LogP contribution < -0.4 is 0 Å². The summed E-state index contributed by atoms with van der Waals surface area (Å²) in [5.74, 6) is 0. The zero-order chi connectivity index (χ0) is 12.6. The first-order valence-corrected chi connectivity index (χ1v) is 6.12. The molecular weight excluding hydrogens is 307 g/mol. The largest absolute Gasteiger partial charge is 2.00 e. The van der Waals surface area contributed by atoms with E-state index in [0.717, 1.165) is 0 Å². The molecule has 0 aliphatic heterocycles. The van der Waals surface area contributed by atoms with Crippen LogP contribution in [0.4, 0.5) is 0 Å². The van der Waals surface area contributed by atoms with Crippen molar-refractivity contribution in [1.82, 2.24) is 0 Å². The van der Waals surface area contributed by atoms with Crippen LogP contribution in [0.25, 0.3) is 0 Å². The van der Waals surface area contributed by atoms with E-state index in [4.69, 9.17) is 0 Å². The summed E-state index contributed by atoms with van der Waals surface area (Å²) in [7, 11) is 0. The molecule has 0 spiro atoms. The minimum absolute atomic E-state index is 0. The molecule has 0 N–H and O–H groups in total. The molecule has 2 aromatic rings. The molecule has 0 fully saturated rings. The van der Waals surface area contributed by atoms with Crippen LogP contribution in [0.3, 0.4) is 0 Å². The van der Waals surface area contributed by atoms with Crippen LogP contribution in [0, 0.1) is 27.7 Å². The zero-order valence-corrected chi connectivity index (χ0v) is 14.6. The Morgan fingerprint density at radius 1 is 0.824 bits per heavy atom. The summed E-state index contributed by atoms with van der Waals surface area (Å²) < 4.78 is 0. The Hall–Kier alpha value is -0.127. The molecule has 0 heterocycles. The van der Waals surface area contributed by atoms with Crippen LogP contribution in [-0.4, -0.2) is 6.38 Å². The molecule has 0 amide bonds. The number of alkyl halides is 1. The number of hydrogen-bond donors (Lipinski definition) is 0. The van der Waals surface area contributed by atoms with E-state index in [1.54, 1.807) is 0 Å². The number of rotatable bonds is 0. The summed E-state index contributed by atoms with van der Waals surface area (Å²) in [6, 6.07) is 12.6. The molecule has 0 bridgehead atoms. The van der Waals surface area contributed by atoms with Gasteiger partial charge in [-0.3, -0.25) is 0 Å². The van der Waals surface area contributed by atoms with Gasteiger partial charge in [-0.2, -0.15) is 34.4 Å². The van der Waals surface area contributed by atoms with Crippen LogP contribution in [0.2, 0.25) is 0 Å². The van der Waals surface area contributed by atoms with Gasteiger partial charge in [-0.15, -0.1) is 11.6 Å². The van der Waals surface area contributed by atoms with Gasteiger partial charge >= 0.3 is 26.2 Å². The maximum absolute atomic E-state index is 4.64. The zero-order valence-electron chi connectivity index (χ0n) is 11.3. The third-order valence-corrected chi connectivity index (χ3v) is 2.63. The Kier molecular flexibility index (Phi) is 12.4. The van der Waals surface area contributed by atoms with E-state index < -0.39 is 0 Å². The second-order valence-corrected chi connectivity index (χ2v) is 3.78. The monoisotopic (exact) mass is 326 g/mol. The normalized spacial score (nSPS) is 8.12. The first-order valence-electron chi connectivity index (χ1n) is 5.37. The third-order valence-electron chi connectivity index (χ3n) is 2.63. The molecular formula is C15H21ClZr. The van der Waals surface area contributed by atoms with Gasteiger partial charge < -0.3 is 0 Å². The van der Waals surface area contributed by atoms with E-state index in [9.17, 15) is 0 Å². The molecule has 0 aliphatic carbocycles. The molecule has 0 atom stereocenters. The van der Waals surface area contributed by atoms with E-state index >= 15 is 0 Å². The molecule has 0 unspecified atom stereocenters. The Labute approximate surface area is 130 Å². The molecule has 0 aromatic heterocycles. The van der Waals surface area contributed by atoms with Gasteiger partial charge in [0.2, 0.25) is 0 Å². The van der Waals surface area contributed by atoms with Gasteiger partial charge in [0.05, 0.1) is 0 Å². The van der Waals surface area contributed by atoms with Gasteiger partial charge in [0.25, 0.3) is 0 Å². The molecule has 0 saturated carbocycles. The third kappa shape index (κ3) is 7.74. The predicted octanol–water partition coefficient (Wildman–Crippen LogP) is 4.90. The van der Waals surface area contributed by atoms with Gasteiger partial charge in [0, 0.05) is 6.38 Å². The van der Waals surface area contributed by atoms with E-state index in [-0.39, 0.29) is 26.2 Å². The van der Waals surface area contributed by atoms with Crippen molar-refractivity contribution >= 4 is 11.6 Å². The van der Waals surface area contributed by atoms with Crippen molar-refractivity contribution < 1.29 is 26.2 Å². The molecule has 2 aromatic carbocycles. The maximum Gasteiger partial charge on any atom is 2.00 e. The first-order chi connectivity index (χ1) is 7.61. The quantitative estimate of drug-likeness (QED) is 0.477. The van der Waals surface area contributed by atoms with Crippen LogP contribution in [-0.2, 0) is 26.2 Å². The smallest absolute Gasteiger partial charge is 0.213 e. The first kappa shape index (κ1) is 19.2. The number of halogens is 1. The van der Waals surface area contributed by atoms with E-state index in [2.05, 4.69) is 75.7 Å². The van der Waals surface area contributed by atoms with E-state index in [1.165, 1.54) is 28.6 Å². The van der Waals surface area contributed by atoms with Gasteiger partial charge in [0.15, 0.2) is 0 Å². The molecule has 0 aliphatic rings. The average Bonchev–Trinajstić information content (AvgIpc) is 2.83. The molecule has 92 valence electrons. The summed E-state index contributed by atoms with van der Waals surface area (Å²) in [5.41, 5.74) is 5.56. The van der Waals surface area contributed by atoms with E-state index in [1.807, 2.05) is 0 Å². The SMILES string of the molecule is CCl.Cc1ccc[c-]1C.Cc1ccc[c-]1C.[Zr+2]. The second kappa shape index (κ2) is 11.0. The van der Waals surface area contributed by atoms with Crippen LogP contribution >= 0.6 is 11.6 Å². The fourth-order valence-corrected chi connectivity index (χ4v) is 1.20. The number of aryl methyl sites for hydroxylation is 4. The predicted molar refractivity (Wildman–Crippen MR) is 74.8 cm³/mol. The fourth-order valence-electron chi connectivity index (χ4n) is 1.20. The molecule has 0 radical (unpaired) electrons. The maximum atomic E-state index is 4.64. The van der Waals surface area contributed by atoms with Crippen LogP contribution in [0.1, 0.15) is 22.3 Å². The van der Waals surface area contributed by atoms with Gasteiger partial charge in [-0.25, -0.2) is 24.3 Å². The summed E-state index contributed by atoms with van der Waals surface area (Å²) in [6.45, 7) is 8.48. The van der Waals surface area contributed by atoms with Crippen LogP contribution in [0.5, 0.6) is 0 Å². The Balaban J connectivity index is 0. The van der Waals surface area contributed by atoms with E-state index in [0.29, 0.717) is 0 Å². The standard InChI is InChI=1S/2C7H9.CH3Cl.Zr/c2*1-6-4-3-5-7(6)2;1-2;/h2*3-5H,1-2H3;1H3;/q2*-1;;+2. The summed E-state index contributed by atoms with van der Waals surface area (Å²) in [4.78, 5) is 0. The van der Waals surface area contributed by atoms with Crippen molar-refractivity contribution in [2.24, 2.45) is 0 Å². The van der Waals surface area contributed by atoms with Crippen molar-refractivity contribution in [2.75, 3.05) is 6.38 Å². The Morgan fingerprint density at radius 2 is 1.12 bits per heavy atom. The van der Waals surface area contributed by atoms with Gasteiger partial charge in [0.1, 0.15) is 0 Å². The van der Waals surface area contributed by atoms with Crippen molar-refractivity contribution in [2.45, 2.75) is 27.7 Å². The molecule has 2 rings (SSSR count). The summed E-state index contributed by atoms with van der Waals surface area (Å²) >= 11 is 4.64. The fraction of sp³-hybridized carbons (Fsp3) is 0.333. The van der Waals surface area contributed by atoms with Crippen molar-refractivity contribution in [3.05, 3.63) is 58.7 Å². The topological polar surface area (TPSA) is 0 Å². The second-order valence-electron chi connectivity index (χ2n) is 3.78. The van der Waals surface area contributed by atoms with Crippen molar-refractivity contribution in [1.29, 1.82) is 0 Å². The average molecular weight is 328 g/mol. The summed E-state index contributed by atoms with van der Waals surface area (Å²) in [6.07, 6.45) is 1.47. The Bertz CT molecular complexity index is 314. The molecule has 17 heavy (non-hydrogen) atoms. The molecule has 0 nitrogen and oxygen atoms in total. The minimum atomic E-state index is 0. The van der Waals surface area contributed by atoms with Gasteiger partial charge in [-0.05, 0) is 0 Å².